The molecule has 3 aliphatic rings. The number of esters is 1. The van der Waals surface area contributed by atoms with Gasteiger partial charge in [0.2, 0.25) is 0 Å². The molecule has 3 nitrogen and oxygen atoms in total. The van der Waals surface area contributed by atoms with Gasteiger partial charge in [-0.3, -0.25) is 4.79 Å². The molecule has 0 N–H and O–H groups in total. The molecule has 3 heteroatoms. The standard InChI is InChI=1S/C22H40O3/c1-5-6-7-8-9-10-11-12-13-14-20(23)24-19-17-18-15-16-22(19,4)25-21(18,2)3/h18-19H,5-17H2,1-4H3. The molecule has 3 rings (SSSR count). The minimum Gasteiger partial charge on any atom is -0.459 e. The average molecular weight is 353 g/mol. The fraction of sp³-hybridized carbons (Fsp3) is 0.955. The first kappa shape index (κ1) is 20.7. The second kappa shape index (κ2) is 9.39. The van der Waals surface area contributed by atoms with Crippen molar-refractivity contribution in [3.8, 4) is 0 Å². The van der Waals surface area contributed by atoms with Gasteiger partial charge in [-0.25, -0.2) is 0 Å². The third kappa shape index (κ3) is 5.98. The number of carbonyl (C=O) groups excluding carboxylic acids is 1. The molecular formula is C22H40O3. The zero-order valence-corrected chi connectivity index (χ0v) is 17.1. The van der Waals surface area contributed by atoms with Crippen LogP contribution in [0.1, 0.15) is 111 Å². The topological polar surface area (TPSA) is 35.5 Å². The number of hydrogen-bond acceptors (Lipinski definition) is 3. The lowest BCUT2D eigenvalue weighted by atomic mass is 9.67. The molecule has 0 radical (unpaired) electrons. The van der Waals surface area contributed by atoms with Gasteiger partial charge >= 0.3 is 5.97 Å². The van der Waals surface area contributed by atoms with Gasteiger partial charge in [0.25, 0.3) is 0 Å². The maximum absolute atomic E-state index is 12.2. The normalized spacial score (nSPS) is 30.4. The van der Waals surface area contributed by atoms with Gasteiger partial charge in [0.05, 0.1) is 5.60 Å². The smallest absolute Gasteiger partial charge is 0.306 e. The van der Waals surface area contributed by atoms with Crippen LogP contribution in [0.4, 0.5) is 0 Å². The summed E-state index contributed by atoms with van der Waals surface area (Å²) in [6, 6.07) is 0. The van der Waals surface area contributed by atoms with Crippen LogP contribution in [-0.2, 0) is 14.3 Å². The number of rotatable bonds is 11. The fourth-order valence-electron chi connectivity index (χ4n) is 4.65. The predicted octanol–water partition coefficient (Wildman–Crippen LogP) is 6.19. The Labute approximate surface area is 155 Å². The second-order valence-corrected chi connectivity index (χ2v) is 9.05. The van der Waals surface area contributed by atoms with E-state index in [-0.39, 0.29) is 23.3 Å². The summed E-state index contributed by atoms with van der Waals surface area (Å²) in [5.74, 6) is 0.489. The van der Waals surface area contributed by atoms with Crippen LogP contribution in [-0.4, -0.2) is 23.3 Å². The van der Waals surface area contributed by atoms with Crippen LogP contribution in [0.2, 0.25) is 0 Å². The summed E-state index contributed by atoms with van der Waals surface area (Å²) in [6.07, 6.45) is 15.1. The molecule has 3 atom stereocenters. The minimum atomic E-state index is -0.285. The van der Waals surface area contributed by atoms with Crippen molar-refractivity contribution in [1.82, 2.24) is 0 Å². The molecule has 2 aliphatic heterocycles. The summed E-state index contributed by atoms with van der Waals surface area (Å²) in [4.78, 5) is 12.2. The maximum Gasteiger partial charge on any atom is 0.306 e. The van der Waals surface area contributed by atoms with E-state index in [1.165, 1.54) is 51.4 Å². The van der Waals surface area contributed by atoms with Crippen LogP contribution in [0.3, 0.4) is 0 Å². The Morgan fingerprint density at radius 3 is 2.16 bits per heavy atom. The van der Waals surface area contributed by atoms with Crippen molar-refractivity contribution in [2.24, 2.45) is 5.92 Å². The van der Waals surface area contributed by atoms with Crippen molar-refractivity contribution in [2.45, 2.75) is 128 Å². The van der Waals surface area contributed by atoms with E-state index in [1.807, 2.05) is 0 Å². The molecule has 0 aromatic rings. The Morgan fingerprint density at radius 1 is 1.00 bits per heavy atom. The number of fused-ring (bicyclic) bond motifs is 3. The SMILES string of the molecule is CCCCCCCCCCCC(=O)OC1CC2CCC1(C)OC2(C)C. The molecule has 2 bridgehead atoms. The van der Waals surface area contributed by atoms with E-state index in [4.69, 9.17) is 9.47 Å². The number of carbonyl (C=O) groups is 1. The van der Waals surface area contributed by atoms with Gasteiger partial charge in [-0.1, -0.05) is 58.3 Å². The van der Waals surface area contributed by atoms with Crippen molar-refractivity contribution >= 4 is 5.97 Å². The van der Waals surface area contributed by atoms with Crippen LogP contribution in [0.25, 0.3) is 0 Å². The summed E-state index contributed by atoms with van der Waals surface area (Å²) >= 11 is 0. The summed E-state index contributed by atoms with van der Waals surface area (Å²) in [5.41, 5.74) is -0.362. The van der Waals surface area contributed by atoms with E-state index in [9.17, 15) is 4.79 Å². The molecule has 0 aromatic carbocycles. The van der Waals surface area contributed by atoms with E-state index in [1.54, 1.807) is 0 Å². The van der Waals surface area contributed by atoms with E-state index in [0.717, 1.165) is 25.7 Å². The van der Waals surface area contributed by atoms with E-state index < -0.39 is 0 Å². The Kier molecular flexibility index (Phi) is 7.79. The van der Waals surface area contributed by atoms with Crippen LogP contribution in [0, 0.1) is 5.92 Å². The lowest BCUT2D eigenvalue weighted by molar-refractivity contribution is -0.278. The van der Waals surface area contributed by atoms with Gasteiger partial charge in [0.1, 0.15) is 11.7 Å². The lowest BCUT2D eigenvalue weighted by Crippen LogP contribution is -2.62. The monoisotopic (exact) mass is 352 g/mol. The highest BCUT2D eigenvalue weighted by Gasteiger charge is 2.55. The maximum atomic E-state index is 12.2. The van der Waals surface area contributed by atoms with E-state index >= 15 is 0 Å². The van der Waals surface area contributed by atoms with Gasteiger partial charge in [-0.2, -0.15) is 0 Å². The summed E-state index contributed by atoms with van der Waals surface area (Å²) in [7, 11) is 0. The van der Waals surface area contributed by atoms with Gasteiger partial charge in [0.15, 0.2) is 0 Å². The highest BCUT2D eigenvalue weighted by atomic mass is 16.6. The minimum absolute atomic E-state index is 0.0249. The van der Waals surface area contributed by atoms with Crippen molar-refractivity contribution in [3.63, 3.8) is 0 Å². The average Bonchev–Trinajstić information content (AvgIpc) is 2.54. The second-order valence-electron chi connectivity index (χ2n) is 9.05. The quantitative estimate of drug-likeness (QED) is 0.329. The number of ether oxygens (including phenoxy) is 2. The highest BCUT2D eigenvalue weighted by molar-refractivity contribution is 5.69. The Morgan fingerprint density at radius 2 is 1.60 bits per heavy atom. The van der Waals surface area contributed by atoms with Gasteiger partial charge in [0, 0.05) is 6.42 Å². The molecule has 146 valence electrons. The third-order valence-corrected chi connectivity index (χ3v) is 6.41. The van der Waals surface area contributed by atoms with Crippen molar-refractivity contribution in [2.75, 3.05) is 0 Å². The van der Waals surface area contributed by atoms with E-state index in [2.05, 4.69) is 27.7 Å². The molecule has 0 amide bonds. The molecule has 25 heavy (non-hydrogen) atoms. The van der Waals surface area contributed by atoms with Crippen molar-refractivity contribution < 1.29 is 14.3 Å². The first-order valence-electron chi connectivity index (χ1n) is 10.8. The summed E-state index contributed by atoms with van der Waals surface area (Å²) in [5, 5.41) is 0. The Hall–Kier alpha value is -0.570. The Bertz CT molecular complexity index is 417. The summed E-state index contributed by atoms with van der Waals surface area (Å²) in [6.45, 7) is 8.73. The number of hydrogen-bond donors (Lipinski definition) is 0. The van der Waals surface area contributed by atoms with Crippen molar-refractivity contribution in [1.29, 1.82) is 0 Å². The van der Waals surface area contributed by atoms with Gasteiger partial charge in [-0.05, 0) is 52.4 Å². The first-order chi connectivity index (χ1) is 11.9. The zero-order valence-electron chi connectivity index (χ0n) is 17.1. The molecule has 1 aliphatic carbocycles. The van der Waals surface area contributed by atoms with Crippen LogP contribution >= 0.6 is 0 Å². The Balaban J connectivity index is 1.57. The lowest BCUT2D eigenvalue weighted by Gasteiger charge is -2.57. The van der Waals surface area contributed by atoms with Gasteiger partial charge < -0.3 is 9.47 Å². The molecule has 3 fully saturated rings. The number of unbranched alkanes of at least 4 members (excludes halogenated alkanes) is 8. The van der Waals surface area contributed by atoms with Gasteiger partial charge in [-0.15, -0.1) is 0 Å². The predicted molar refractivity (Wildman–Crippen MR) is 103 cm³/mol. The zero-order chi connectivity index (χ0) is 18.3. The molecule has 1 saturated carbocycles. The molecule has 2 heterocycles. The van der Waals surface area contributed by atoms with Crippen LogP contribution in [0.5, 0.6) is 0 Å². The highest BCUT2D eigenvalue weighted by Crippen LogP contribution is 2.50. The van der Waals surface area contributed by atoms with Crippen LogP contribution < -0.4 is 0 Å². The fourth-order valence-corrected chi connectivity index (χ4v) is 4.65. The first-order valence-corrected chi connectivity index (χ1v) is 10.8. The summed E-state index contributed by atoms with van der Waals surface area (Å²) < 4.78 is 12.1. The molecule has 2 saturated heterocycles. The molecule has 0 spiro atoms. The van der Waals surface area contributed by atoms with E-state index in [0.29, 0.717) is 12.3 Å². The van der Waals surface area contributed by atoms with Crippen LogP contribution in [0.15, 0.2) is 0 Å². The third-order valence-electron chi connectivity index (χ3n) is 6.41. The van der Waals surface area contributed by atoms with Crippen molar-refractivity contribution in [3.05, 3.63) is 0 Å². The molecule has 0 aromatic heterocycles. The molecular weight excluding hydrogens is 312 g/mol. The largest absolute Gasteiger partial charge is 0.459 e. The molecule has 3 unspecified atom stereocenters.